The summed E-state index contributed by atoms with van der Waals surface area (Å²) in [5.41, 5.74) is 1.13. The molecule has 0 bridgehead atoms. The van der Waals surface area contributed by atoms with Crippen molar-refractivity contribution in [1.29, 1.82) is 0 Å². The maximum Gasteiger partial charge on any atom is 0.409 e. The van der Waals surface area contributed by atoms with Crippen LogP contribution >= 0.6 is 0 Å². The molecule has 0 aliphatic carbocycles. The van der Waals surface area contributed by atoms with E-state index in [0.717, 1.165) is 17.7 Å². The van der Waals surface area contributed by atoms with Crippen molar-refractivity contribution in [2.24, 2.45) is 0 Å². The first-order valence-corrected chi connectivity index (χ1v) is 9.43. The number of piperazine rings is 1. The fourth-order valence-electron chi connectivity index (χ4n) is 3.05. The summed E-state index contributed by atoms with van der Waals surface area (Å²) in [5, 5.41) is 11.5. The van der Waals surface area contributed by atoms with Crippen molar-refractivity contribution in [2.45, 2.75) is 13.3 Å². The van der Waals surface area contributed by atoms with E-state index in [9.17, 15) is 4.79 Å². The van der Waals surface area contributed by atoms with E-state index in [4.69, 9.17) is 9.47 Å². The molecule has 1 aromatic carbocycles. The van der Waals surface area contributed by atoms with Crippen LogP contribution in [0.4, 0.5) is 16.6 Å². The van der Waals surface area contributed by atoms with Crippen molar-refractivity contribution in [1.82, 2.24) is 20.1 Å². The van der Waals surface area contributed by atoms with Gasteiger partial charge in [0.05, 0.1) is 19.9 Å². The lowest BCUT2D eigenvalue weighted by Crippen LogP contribution is -2.49. The van der Waals surface area contributed by atoms with Gasteiger partial charge in [-0.15, -0.1) is 5.10 Å². The van der Waals surface area contributed by atoms with E-state index < -0.39 is 0 Å². The second-order valence-corrected chi connectivity index (χ2v) is 6.30. The Hall–Kier alpha value is -3.10. The number of carbonyl (C=O) groups excluding carboxylic acids is 1. The van der Waals surface area contributed by atoms with Gasteiger partial charge in [0, 0.05) is 32.7 Å². The minimum atomic E-state index is -0.270. The van der Waals surface area contributed by atoms with E-state index in [1.807, 2.05) is 29.2 Å². The van der Waals surface area contributed by atoms with Crippen molar-refractivity contribution in [2.75, 3.05) is 56.7 Å². The first-order chi connectivity index (χ1) is 13.7. The number of hydrogen-bond donors (Lipinski definition) is 1. The standard InChI is InChI=1S/C19H26N6O3/c1-3-28-19(26)25-12-10-24(11-13-25)18-22-17(14-21-23-18)20-9-8-15-6-4-5-7-16(15)27-2/h4-7,14H,3,8-13H2,1-2H3,(H,20,22,23). The fraction of sp³-hybridized carbons (Fsp3) is 0.474. The number of rotatable bonds is 7. The number of methoxy groups -OCH3 is 1. The number of nitrogens with one attached hydrogen (secondary N) is 1. The molecular weight excluding hydrogens is 360 g/mol. The summed E-state index contributed by atoms with van der Waals surface area (Å²) in [6, 6.07) is 7.96. The van der Waals surface area contributed by atoms with Gasteiger partial charge in [-0.1, -0.05) is 18.2 Å². The monoisotopic (exact) mass is 386 g/mol. The number of carbonyl (C=O) groups is 1. The van der Waals surface area contributed by atoms with Gasteiger partial charge in [-0.2, -0.15) is 10.1 Å². The molecule has 1 aromatic heterocycles. The molecule has 1 amide bonds. The fourth-order valence-corrected chi connectivity index (χ4v) is 3.05. The Morgan fingerprint density at radius 1 is 1.21 bits per heavy atom. The Balaban J connectivity index is 1.52. The van der Waals surface area contributed by atoms with Crippen molar-refractivity contribution >= 4 is 17.9 Å². The van der Waals surface area contributed by atoms with Gasteiger partial charge in [0.2, 0.25) is 5.95 Å². The first-order valence-electron chi connectivity index (χ1n) is 9.43. The normalized spacial score (nSPS) is 13.9. The zero-order chi connectivity index (χ0) is 19.8. The van der Waals surface area contributed by atoms with Gasteiger partial charge in [-0.25, -0.2) is 4.79 Å². The minimum absolute atomic E-state index is 0.270. The lowest BCUT2D eigenvalue weighted by atomic mass is 10.1. The second kappa shape index (κ2) is 9.72. The Morgan fingerprint density at radius 2 is 2.00 bits per heavy atom. The average molecular weight is 386 g/mol. The van der Waals surface area contributed by atoms with Gasteiger partial charge >= 0.3 is 6.09 Å². The molecule has 2 aromatic rings. The van der Waals surface area contributed by atoms with Crippen molar-refractivity contribution in [3.8, 4) is 5.75 Å². The molecule has 150 valence electrons. The smallest absolute Gasteiger partial charge is 0.409 e. The number of ether oxygens (including phenoxy) is 2. The van der Waals surface area contributed by atoms with Crippen LogP contribution in [0.1, 0.15) is 12.5 Å². The molecule has 28 heavy (non-hydrogen) atoms. The number of hydrogen-bond acceptors (Lipinski definition) is 8. The summed E-state index contributed by atoms with van der Waals surface area (Å²) in [7, 11) is 1.68. The molecule has 0 radical (unpaired) electrons. The molecule has 3 rings (SSSR count). The minimum Gasteiger partial charge on any atom is -0.496 e. The van der Waals surface area contributed by atoms with Crippen LogP contribution < -0.4 is 15.0 Å². The largest absolute Gasteiger partial charge is 0.496 e. The number of benzene rings is 1. The first kappa shape index (κ1) is 19.7. The van der Waals surface area contributed by atoms with Crippen LogP contribution in [0.25, 0.3) is 0 Å². The van der Waals surface area contributed by atoms with Crippen molar-refractivity contribution in [3.05, 3.63) is 36.0 Å². The van der Waals surface area contributed by atoms with E-state index in [-0.39, 0.29) is 6.09 Å². The molecule has 0 atom stereocenters. The zero-order valence-corrected chi connectivity index (χ0v) is 16.3. The average Bonchev–Trinajstić information content (AvgIpc) is 2.74. The highest BCUT2D eigenvalue weighted by Gasteiger charge is 2.23. The number of nitrogens with zero attached hydrogens (tertiary/aromatic N) is 5. The molecule has 1 aliphatic heterocycles. The number of aromatic nitrogens is 3. The third-order valence-electron chi connectivity index (χ3n) is 4.53. The third-order valence-corrected chi connectivity index (χ3v) is 4.53. The van der Waals surface area contributed by atoms with Crippen LogP contribution in [0, 0.1) is 0 Å². The summed E-state index contributed by atoms with van der Waals surface area (Å²) in [5.74, 6) is 2.11. The van der Waals surface area contributed by atoms with E-state index >= 15 is 0 Å². The van der Waals surface area contributed by atoms with Crippen LogP contribution in [0.5, 0.6) is 5.75 Å². The van der Waals surface area contributed by atoms with Crippen LogP contribution in [0.2, 0.25) is 0 Å². The zero-order valence-electron chi connectivity index (χ0n) is 16.3. The quantitative estimate of drug-likeness (QED) is 0.770. The topological polar surface area (TPSA) is 92.7 Å². The summed E-state index contributed by atoms with van der Waals surface area (Å²) in [6.07, 6.45) is 2.15. The van der Waals surface area contributed by atoms with Crippen LogP contribution in [-0.4, -0.2) is 72.6 Å². The molecule has 9 heteroatoms. The van der Waals surface area contributed by atoms with Gasteiger partial charge in [0.25, 0.3) is 0 Å². The number of para-hydroxylation sites is 1. The second-order valence-electron chi connectivity index (χ2n) is 6.30. The molecule has 0 unspecified atom stereocenters. The van der Waals surface area contributed by atoms with Crippen LogP contribution in [0.15, 0.2) is 30.5 Å². The molecule has 2 heterocycles. The molecule has 9 nitrogen and oxygen atoms in total. The summed E-state index contributed by atoms with van der Waals surface area (Å²) < 4.78 is 10.4. The Labute approximate surface area is 164 Å². The highest BCUT2D eigenvalue weighted by atomic mass is 16.6. The van der Waals surface area contributed by atoms with Crippen LogP contribution in [0.3, 0.4) is 0 Å². The van der Waals surface area contributed by atoms with Gasteiger partial charge in [0.15, 0.2) is 5.82 Å². The molecule has 1 saturated heterocycles. The molecular formula is C19H26N6O3. The highest BCUT2D eigenvalue weighted by Crippen LogP contribution is 2.18. The predicted octanol–water partition coefficient (Wildman–Crippen LogP) is 1.81. The predicted molar refractivity (Wildman–Crippen MR) is 106 cm³/mol. The Bertz CT molecular complexity index is 780. The third kappa shape index (κ3) is 4.99. The molecule has 1 fully saturated rings. The van der Waals surface area contributed by atoms with Gasteiger partial charge < -0.3 is 24.6 Å². The lowest BCUT2D eigenvalue weighted by Gasteiger charge is -2.33. The molecule has 1 aliphatic rings. The molecule has 1 N–H and O–H groups in total. The van der Waals surface area contributed by atoms with Gasteiger partial charge in [-0.3, -0.25) is 0 Å². The van der Waals surface area contributed by atoms with E-state index in [2.05, 4.69) is 20.5 Å². The maximum atomic E-state index is 11.8. The van der Waals surface area contributed by atoms with Gasteiger partial charge in [0.1, 0.15) is 5.75 Å². The Kier molecular flexibility index (Phi) is 6.83. The summed E-state index contributed by atoms with van der Waals surface area (Å²) in [6.45, 7) is 5.33. The highest BCUT2D eigenvalue weighted by molar-refractivity contribution is 5.68. The molecule has 0 spiro atoms. The number of amides is 1. The van der Waals surface area contributed by atoms with Gasteiger partial charge in [-0.05, 0) is 25.0 Å². The maximum absolute atomic E-state index is 11.8. The van der Waals surface area contributed by atoms with E-state index in [0.29, 0.717) is 51.1 Å². The van der Waals surface area contributed by atoms with E-state index in [1.165, 1.54) is 0 Å². The summed E-state index contributed by atoms with van der Waals surface area (Å²) >= 11 is 0. The Morgan fingerprint density at radius 3 is 2.75 bits per heavy atom. The summed E-state index contributed by atoms with van der Waals surface area (Å²) in [4.78, 5) is 20.1. The van der Waals surface area contributed by atoms with Crippen molar-refractivity contribution in [3.63, 3.8) is 0 Å². The van der Waals surface area contributed by atoms with Crippen molar-refractivity contribution < 1.29 is 14.3 Å². The van der Waals surface area contributed by atoms with Crippen LogP contribution in [-0.2, 0) is 11.2 Å². The SMILES string of the molecule is CCOC(=O)N1CCN(c2nncc(NCCc3ccccc3OC)n2)CC1. The lowest BCUT2D eigenvalue weighted by molar-refractivity contribution is 0.105. The van der Waals surface area contributed by atoms with E-state index in [1.54, 1.807) is 25.1 Å². The number of anilines is 2. The molecule has 0 saturated carbocycles.